The zero-order valence-corrected chi connectivity index (χ0v) is 10.8. The molecule has 2 rings (SSSR count). The maximum Gasteiger partial charge on any atom is 0.123 e. The minimum atomic E-state index is -0.209. The Morgan fingerprint density at radius 1 is 1.17 bits per heavy atom. The topological polar surface area (TPSA) is 35.2 Å². The molecule has 0 aromatic heterocycles. The van der Waals surface area contributed by atoms with Gasteiger partial charge in [-0.1, -0.05) is 37.8 Å². The van der Waals surface area contributed by atoms with E-state index in [0.29, 0.717) is 13.2 Å². The largest absolute Gasteiger partial charge is 0.369 e. The van der Waals surface area contributed by atoms with Crippen LogP contribution in [0.1, 0.15) is 44.1 Å². The first-order valence-corrected chi connectivity index (χ1v) is 6.83. The van der Waals surface area contributed by atoms with Crippen molar-refractivity contribution in [3.63, 3.8) is 0 Å². The van der Waals surface area contributed by atoms with Crippen LogP contribution in [0.3, 0.4) is 0 Å². The van der Waals surface area contributed by atoms with Crippen LogP contribution in [0.5, 0.6) is 0 Å². The lowest BCUT2D eigenvalue weighted by Gasteiger charge is -2.31. The average Bonchev–Trinajstić information content (AvgIpc) is 2.63. The first-order chi connectivity index (χ1) is 8.74. The number of ether oxygens (including phenoxy) is 1. The van der Waals surface area contributed by atoms with Crippen LogP contribution in [-0.4, -0.2) is 12.1 Å². The van der Waals surface area contributed by atoms with Crippen LogP contribution >= 0.6 is 0 Å². The predicted molar refractivity (Wildman–Crippen MR) is 70.7 cm³/mol. The normalized spacial score (nSPS) is 19.4. The zero-order chi connectivity index (χ0) is 12.8. The fraction of sp³-hybridized carbons (Fsp3) is 0.600. The Balaban J connectivity index is 1.97. The maximum absolute atomic E-state index is 13.1. The van der Waals surface area contributed by atoms with Crippen LogP contribution < -0.4 is 5.73 Å². The molecule has 2 nitrogen and oxygen atoms in total. The van der Waals surface area contributed by atoms with Crippen molar-refractivity contribution in [1.29, 1.82) is 0 Å². The van der Waals surface area contributed by atoms with Crippen molar-refractivity contribution in [2.75, 3.05) is 6.54 Å². The first-order valence-electron chi connectivity index (χ1n) is 6.83. The van der Waals surface area contributed by atoms with Crippen LogP contribution in [0, 0.1) is 5.82 Å². The van der Waals surface area contributed by atoms with Crippen molar-refractivity contribution >= 4 is 0 Å². The summed E-state index contributed by atoms with van der Waals surface area (Å²) < 4.78 is 19.1. The summed E-state index contributed by atoms with van der Waals surface area (Å²) in [6, 6.07) is 6.59. The quantitative estimate of drug-likeness (QED) is 0.832. The molecule has 0 saturated heterocycles. The van der Waals surface area contributed by atoms with Gasteiger partial charge in [0.15, 0.2) is 0 Å². The lowest BCUT2D eigenvalue weighted by Crippen LogP contribution is -2.40. The molecule has 0 heterocycles. The van der Waals surface area contributed by atoms with Gasteiger partial charge in [0.05, 0.1) is 12.2 Å². The number of benzene rings is 1. The molecule has 0 unspecified atom stereocenters. The van der Waals surface area contributed by atoms with Gasteiger partial charge < -0.3 is 10.5 Å². The van der Waals surface area contributed by atoms with Gasteiger partial charge in [0.25, 0.3) is 0 Å². The van der Waals surface area contributed by atoms with E-state index in [0.717, 1.165) is 18.4 Å². The molecule has 1 aromatic rings. The summed E-state index contributed by atoms with van der Waals surface area (Å²) in [6.07, 6.45) is 6.95. The Kier molecular flexibility index (Phi) is 4.72. The Labute approximate surface area is 108 Å². The SMILES string of the molecule is NCC1(OCc2cccc(F)c2)CCCCCC1. The van der Waals surface area contributed by atoms with Crippen LogP contribution in [0.4, 0.5) is 4.39 Å². The highest BCUT2D eigenvalue weighted by atomic mass is 19.1. The Morgan fingerprint density at radius 3 is 2.50 bits per heavy atom. The lowest BCUT2D eigenvalue weighted by atomic mass is 9.94. The minimum absolute atomic E-state index is 0.192. The fourth-order valence-corrected chi connectivity index (χ4v) is 2.64. The third-order valence-corrected chi connectivity index (χ3v) is 3.82. The van der Waals surface area contributed by atoms with Crippen molar-refractivity contribution in [3.05, 3.63) is 35.6 Å². The van der Waals surface area contributed by atoms with Crippen molar-refractivity contribution in [1.82, 2.24) is 0 Å². The lowest BCUT2D eigenvalue weighted by molar-refractivity contribution is -0.0602. The van der Waals surface area contributed by atoms with Crippen LogP contribution in [0.25, 0.3) is 0 Å². The molecule has 1 saturated carbocycles. The first kappa shape index (κ1) is 13.5. The molecule has 2 N–H and O–H groups in total. The minimum Gasteiger partial charge on any atom is -0.369 e. The summed E-state index contributed by atoms with van der Waals surface area (Å²) >= 11 is 0. The van der Waals surface area contributed by atoms with Gasteiger partial charge >= 0.3 is 0 Å². The van der Waals surface area contributed by atoms with Crippen LogP contribution in [0.15, 0.2) is 24.3 Å². The zero-order valence-electron chi connectivity index (χ0n) is 10.8. The standard InChI is InChI=1S/C15H22FNO/c16-14-7-5-6-13(10-14)11-18-15(12-17)8-3-1-2-4-9-15/h5-7,10H,1-4,8-9,11-12,17H2. The average molecular weight is 251 g/mol. The molecule has 1 aliphatic carbocycles. The van der Waals surface area contributed by atoms with E-state index >= 15 is 0 Å². The molecule has 0 spiro atoms. The third kappa shape index (κ3) is 3.53. The van der Waals surface area contributed by atoms with E-state index in [1.165, 1.54) is 37.8 Å². The van der Waals surface area contributed by atoms with Crippen molar-refractivity contribution < 1.29 is 9.13 Å². The highest BCUT2D eigenvalue weighted by Crippen LogP contribution is 2.30. The smallest absolute Gasteiger partial charge is 0.123 e. The van der Waals surface area contributed by atoms with E-state index in [1.54, 1.807) is 6.07 Å². The van der Waals surface area contributed by atoms with E-state index < -0.39 is 0 Å². The second kappa shape index (κ2) is 6.30. The third-order valence-electron chi connectivity index (χ3n) is 3.82. The second-order valence-electron chi connectivity index (χ2n) is 5.22. The van der Waals surface area contributed by atoms with E-state index in [9.17, 15) is 4.39 Å². The van der Waals surface area contributed by atoms with E-state index in [2.05, 4.69) is 0 Å². The summed E-state index contributed by atoms with van der Waals surface area (Å²) in [5.74, 6) is -0.209. The fourth-order valence-electron chi connectivity index (χ4n) is 2.64. The number of nitrogens with two attached hydrogens (primary N) is 1. The molecule has 1 aliphatic rings. The highest BCUT2D eigenvalue weighted by molar-refractivity contribution is 5.15. The summed E-state index contributed by atoms with van der Waals surface area (Å²) in [5.41, 5.74) is 6.59. The van der Waals surface area contributed by atoms with Crippen molar-refractivity contribution in [2.45, 2.75) is 50.7 Å². The maximum atomic E-state index is 13.1. The molecular weight excluding hydrogens is 229 g/mol. The summed E-state index contributed by atoms with van der Waals surface area (Å²) in [7, 11) is 0. The number of hydrogen-bond acceptors (Lipinski definition) is 2. The van der Waals surface area contributed by atoms with E-state index in [1.807, 2.05) is 6.07 Å². The molecule has 1 aromatic carbocycles. The van der Waals surface area contributed by atoms with Gasteiger partial charge in [-0.25, -0.2) is 4.39 Å². The molecule has 0 radical (unpaired) electrons. The number of rotatable bonds is 4. The van der Waals surface area contributed by atoms with Gasteiger partial charge in [-0.3, -0.25) is 0 Å². The molecule has 0 bridgehead atoms. The van der Waals surface area contributed by atoms with Crippen LogP contribution in [0.2, 0.25) is 0 Å². The van der Waals surface area contributed by atoms with Gasteiger partial charge in [-0.05, 0) is 30.5 Å². The molecule has 1 fully saturated rings. The number of halogens is 1. The van der Waals surface area contributed by atoms with E-state index in [-0.39, 0.29) is 11.4 Å². The van der Waals surface area contributed by atoms with Crippen molar-refractivity contribution in [3.8, 4) is 0 Å². The van der Waals surface area contributed by atoms with Gasteiger partial charge in [0.2, 0.25) is 0 Å². The van der Waals surface area contributed by atoms with Crippen molar-refractivity contribution in [2.24, 2.45) is 5.73 Å². The molecule has 0 amide bonds. The van der Waals surface area contributed by atoms with Gasteiger partial charge in [0.1, 0.15) is 5.82 Å². The predicted octanol–water partition coefficient (Wildman–Crippen LogP) is 3.39. The molecule has 100 valence electrons. The monoisotopic (exact) mass is 251 g/mol. The Bertz CT molecular complexity index is 373. The van der Waals surface area contributed by atoms with E-state index in [4.69, 9.17) is 10.5 Å². The molecule has 18 heavy (non-hydrogen) atoms. The summed E-state index contributed by atoms with van der Waals surface area (Å²) in [6.45, 7) is 1.01. The summed E-state index contributed by atoms with van der Waals surface area (Å²) in [5, 5.41) is 0. The van der Waals surface area contributed by atoms with Gasteiger partial charge in [-0.2, -0.15) is 0 Å². The summed E-state index contributed by atoms with van der Waals surface area (Å²) in [4.78, 5) is 0. The van der Waals surface area contributed by atoms with Crippen LogP contribution in [-0.2, 0) is 11.3 Å². The number of hydrogen-bond donors (Lipinski definition) is 1. The second-order valence-corrected chi connectivity index (χ2v) is 5.22. The van der Waals surface area contributed by atoms with Gasteiger partial charge in [0, 0.05) is 6.54 Å². The molecule has 0 atom stereocenters. The van der Waals surface area contributed by atoms with Gasteiger partial charge in [-0.15, -0.1) is 0 Å². The molecule has 3 heteroatoms. The molecular formula is C15H22FNO. The molecule has 0 aliphatic heterocycles. The Hall–Kier alpha value is -0.930. The highest BCUT2D eigenvalue weighted by Gasteiger charge is 2.30. The Morgan fingerprint density at radius 2 is 1.89 bits per heavy atom.